The maximum absolute atomic E-state index is 12.6. The summed E-state index contributed by atoms with van der Waals surface area (Å²) in [6.07, 6.45) is 19.4. The fourth-order valence-corrected chi connectivity index (χ4v) is 4.26. The average Bonchev–Trinajstić information content (AvgIpc) is 2.75. The summed E-state index contributed by atoms with van der Waals surface area (Å²) in [5.41, 5.74) is 0. The van der Waals surface area contributed by atoms with Gasteiger partial charge in [0.05, 0.1) is 5.92 Å². The third-order valence-electron chi connectivity index (χ3n) is 6.25. The van der Waals surface area contributed by atoms with Crippen LogP contribution in [0.15, 0.2) is 0 Å². The van der Waals surface area contributed by atoms with Crippen LogP contribution in [0.2, 0.25) is 0 Å². The molecule has 0 bridgehead atoms. The predicted octanol–water partition coefficient (Wildman–Crippen LogP) is 6.24. The molecule has 0 aromatic carbocycles. The SMILES string of the molecule is CCCCCCCCCC(CCCCCCCCC(=O)O)OC(=O)C1CCNCC1. The first-order valence-corrected chi connectivity index (χ1v) is 12.8. The maximum atomic E-state index is 12.6. The molecule has 1 unspecified atom stereocenters. The number of unbranched alkanes of at least 4 members (excludes halogenated alkanes) is 11. The van der Waals surface area contributed by atoms with E-state index < -0.39 is 5.97 Å². The smallest absolute Gasteiger partial charge is 0.309 e. The van der Waals surface area contributed by atoms with Gasteiger partial charge >= 0.3 is 11.9 Å². The Bertz CT molecular complexity index is 435. The number of nitrogens with one attached hydrogen (secondary N) is 1. The Morgan fingerprint density at radius 3 is 1.87 bits per heavy atom. The summed E-state index contributed by atoms with van der Waals surface area (Å²) in [7, 11) is 0. The molecule has 1 heterocycles. The van der Waals surface area contributed by atoms with E-state index in [0.29, 0.717) is 0 Å². The van der Waals surface area contributed by atoms with Gasteiger partial charge in [0.2, 0.25) is 0 Å². The monoisotopic (exact) mass is 425 g/mol. The summed E-state index contributed by atoms with van der Waals surface area (Å²) >= 11 is 0. The molecule has 1 saturated heterocycles. The van der Waals surface area contributed by atoms with E-state index in [1.807, 2.05) is 0 Å². The second-order valence-corrected chi connectivity index (χ2v) is 9.05. The number of rotatable bonds is 19. The van der Waals surface area contributed by atoms with Crippen LogP contribution in [0.1, 0.15) is 122 Å². The first-order chi connectivity index (χ1) is 14.6. The summed E-state index contributed by atoms with van der Waals surface area (Å²) in [4.78, 5) is 23.1. The number of hydrogen-bond donors (Lipinski definition) is 2. The Morgan fingerprint density at radius 1 is 0.833 bits per heavy atom. The summed E-state index contributed by atoms with van der Waals surface area (Å²) in [5.74, 6) is -0.589. The molecule has 0 amide bonds. The van der Waals surface area contributed by atoms with Crippen molar-refractivity contribution in [3.05, 3.63) is 0 Å². The van der Waals surface area contributed by atoms with Gasteiger partial charge in [-0.1, -0.05) is 71.1 Å². The van der Waals surface area contributed by atoms with Crippen LogP contribution in [0.3, 0.4) is 0 Å². The largest absolute Gasteiger partial charge is 0.481 e. The highest BCUT2D eigenvalue weighted by molar-refractivity contribution is 5.72. The zero-order chi connectivity index (χ0) is 21.9. The van der Waals surface area contributed by atoms with Gasteiger partial charge in [0.25, 0.3) is 0 Å². The minimum atomic E-state index is -0.696. The van der Waals surface area contributed by atoms with Crippen LogP contribution >= 0.6 is 0 Å². The third-order valence-corrected chi connectivity index (χ3v) is 6.25. The summed E-state index contributed by atoms with van der Waals surface area (Å²) in [6.45, 7) is 4.09. The summed E-state index contributed by atoms with van der Waals surface area (Å²) in [6, 6.07) is 0. The average molecular weight is 426 g/mol. The Kier molecular flexibility index (Phi) is 16.7. The molecule has 30 heavy (non-hydrogen) atoms. The summed E-state index contributed by atoms with van der Waals surface area (Å²) < 4.78 is 5.97. The van der Waals surface area contributed by atoms with Gasteiger partial charge in [-0.05, 0) is 58.0 Å². The predicted molar refractivity (Wildman–Crippen MR) is 123 cm³/mol. The lowest BCUT2D eigenvalue weighted by Crippen LogP contribution is -2.34. The molecule has 1 rings (SSSR count). The fraction of sp³-hybridized carbons (Fsp3) is 0.920. The van der Waals surface area contributed by atoms with Crippen molar-refractivity contribution in [2.24, 2.45) is 5.92 Å². The number of esters is 1. The van der Waals surface area contributed by atoms with Crippen molar-refractivity contribution in [1.29, 1.82) is 0 Å². The molecule has 176 valence electrons. The topological polar surface area (TPSA) is 75.6 Å². The number of piperidine rings is 1. The van der Waals surface area contributed by atoms with Crippen LogP contribution in [-0.2, 0) is 14.3 Å². The Labute approximate surface area is 184 Å². The molecule has 1 aliphatic rings. The van der Waals surface area contributed by atoms with Gasteiger partial charge in [0, 0.05) is 6.42 Å². The van der Waals surface area contributed by atoms with E-state index in [2.05, 4.69) is 12.2 Å². The van der Waals surface area contributed by atoms with Crippen LogP contribution in [0.5, 0.6) is 0 Å². The molecule has 2 N–H and O–H groups in total. The normalized spacial score (nSPS) is 15.8. The first kappa shape index (κ1) is 26.9. The standard InChI is InChI=1S/C25H47NO4/c1-2-3-4-5-6-9-12-15-23(30-25(29)22-18-20-26-21-19-22)16-13-10-7-8-11-14-17-24(27)28/h22-23,26H,2-21H2,1H3,(H,27,28). The van der Waals surface area contributed by atoms with Gasteiger partial charge in [-0.2, -0.15) is 0 Å². The maximum Gasteiger partial charge on any atom is 0.309 e. The molecule has 0 spiro atoms. The fourth-order valence-electron chi connectivity index (χ4n) is 4.26. The minimum Gasteiger partial charge on any atom is -0.481 e. The number of hydrogen-bond acceptors (Lipinski definition) is 4. The second kappa shape index (κ2) is 18.7. The van der Waals surface area contributed by atoms with E-state index in [1.54, 1.807) is 0 Å². The number of carboxylic acid groups (broad SMARTS) is 1. The van der Waals surface area contributed by atoms with Crippen LogP contribution in [0.25, 0.3) is 0 Å². The van der Waals surface area contributed by atoms with Crippen molar-refractivity contribution >= 4 is 11.9 Å². The zero-order valence-corrected chi connectivity index (χ0v) is 19.5. The van der Waals surface area contributed by atoms with Crippen molar-refractivity contribution in [2.45, 2.75) is 129 Å². The highest BCUT2D eigenvalue weighted by Crippen LogP contribution is 2.21. The minimum absolute atomic E-state index is 0.0260. The Hall–Kier alpha value is -1.10. The number of carbonyl (C=O) groups excluding carboxylic acids is 1. The van der Waals surface area contributed by atoms with Crippen molar-refractivity contribution in [2.75, 3.05) is 13.1 Å². The van der Waals surface area contributed by atoms with Gasteiger partial charge < -0.3 is 15.2 Å². The highest BCUT2D eigenvalue weighted by Gasteiger charge is 2.24. The van der Waals surface area contributed by atoms with E-state index in [4.69, 9.17) is 9.84 Å². The van der Waals surface area contributed by atoms with Crippen molar-refractivity contribution in [3.8, 4) is 0 Å². The van der Waals surface area contributed by atoms with E-state index in [0.717, 1.165) is 83.7 Å². The van der Waals surface area contributed by atoms with Gasteiger partial charge in [0.1, 0.15) is 6.10 Å². The van der Waals surface area contributed by atoms with Crippen LogP contribution in [-0.4, -0.2) is 36.2 Å². The van der Waals surface area contributed by atoms with Gasteiger partial charge in [-0.15, -0.1) is 0 Å². The van der Waals surface area contributed by atoms with E-state index in [-0.39, 0.29) is 24.4 Å². The molecule has 1 atom stereocenters. The number of ether oxygens (including phenoxy) is 1. The number of aliphatic carboxylic acids is 1. The van der Waals surface area contributed by atoms with Gasteiger partial charge in [-0.25, -0.2) is 0 Å². The molecule has 0 radical (unpaired) electrons. The molecule has 0 saturated carbocycles. The lowest BCUT2D eigenvalue weighted by Gasteiger charge is -2.25. The highest BCUT2D eigenvalue weighted by atomic mass is 16.5. The van der Waals surface area contributed by atoms with E-state index in [9.17, 15) is 9.59 Å². The van der Waals surface area contributed by atoms with Gasteiger partial charge in [-0.3, -0.25) is 9.59 Å². The van der Waals surface area contributed by atoms with Crippen molar-refractivity contribution in [1.82, 2.24) is 5.32 Å². The molecular formula is C25H47NO4. The third kappa shape index (κ3) is 14.8. The molecule has 0 aliphatic carbocycles. The lowest BCUT2D eigenvalue weighted by molar-refractivity contribution is -0.155. The molecule has 1 fully saturated rings. The van der Waals surface area contributed by atoms with E-state index >= 15 is 0 Å². The molecule has 5 nitrogen and oxygen atoms in total. The van der Waals surface area contributed by atoms with E-state index in [1.165, 1.54) is 38.5 Å². The number of carbonyl (C=O) groups is 2. The second-order valence-electron chi connectivity index (χ2n) is 9.05. The molecule has 0 aromatic heterocycles. The summed E-state index contributed by atoms with van der Waals surface area (Å²) in [5, 5.41) is 12.0. The van der Waals surface area contributed by atoms with Crippen LogP contribution in [0.4, 0.5) is 0 Å². The van der Waals surface area contributed by atoms with Crippen LogP contribution < -0.4 is 5.32 Å². The Morgan fingerprint density at radius 2 is 1.33 bits per heavy atom. The quantitative estimate of drug-likeness (QED) is 0.189. The Balaban J connectivity index is 2.23. The van der Waals surface area contributed by atoms with Gasteiger partial charge in [0.15, 0.2) is 0 Å². The van der Waals surface area contributed by atoms with Crippen molar-refractivity contribution < 1.29 is 19.4 Å². The molecule has 5 heteroatoms. The molecule has 1 aliphatic heterocycles. The molecule has 0 aromatic rings. The number of carboxylic acids is 1. The molecular weight excluding hydrogens is 378 g/mol. The zero-order valence-electron chi connectivity index (χ0n) is 19.5. The first-order valence-electron chi connectivity index (χ1n) is 12.8. The lowest BCUT2D eigenvalue weighted by atomic mass is 9.97. The van der Waals surface area contributed by atoms with Crippen LogP contribution in [0, 0.1) is 5.92 Å². The van der Waals surface area contributed by atoms with Crippen molar-refractivity contribution in [3.63, 3.8) is 0 Å².